The van der Waals surface area contributed by atoms with Gasteiger partial charge in [0.15, 0.2) is 11.8 Å². The molecule has 2 aromatic rings. The summed E-state index contributed by atoms with van der Waals surface area (Å²) in [6, 6.07) is 6.58. The second-order valence-corrected chi connectivity index (χ2v) is 4.84. The van der Waals surface area contributed by atoms with Gasteiger partial charge in [0.1, 0.15) is 5.82 Å². The molecule has 0 bridgehead atoms. The first kappa shape index (κ1) is 20.1. The zero-order valence-electron chi connectivity index (χ0n) is 13.5. The molecule has 0 aliphatic rings. The number of hydrogen-bond acceptors (Lipinski definition) is 4. The summed E-state index contributed by atoms with van der Waals surface area (Å²) in [5.74, 6) is 1.48. The lowest BCUT2D eigenvalue weighted by molar-refractivity contribution is 0.374. The van der Waals surface area contributed by atoms with Crippen LogP contribution in [0.25, 0.3) is 0 Å². The molecule has 6 nitrogen and oxygen atoms in total. The standard InChI is InChI=1S/C16H20FN5O.HI/c1-3-9-18-16(19-10-8-15-21-12(2)22-23-15)20-11-13-6-4-5-7-14(13)17;/h3-7H,1,8-11H2,2H3,(H2,18,19,20);1H. The molecular formula is C16H21FIN5O. The second-order valence-electron chi connectivity index (χ2n) is 4.84. The van der Waals surface area contributed by atoms with Gasteiger partial charge >= 0.3 is 0 Å². The molecule has 2 N–H and O–H groups in total. The van der Waals surface area contributed by atoms with Crippen molar-refractivity contribution in [3.05, 3.63) is 60.0 Å². The van der Waals surface area contributed by atoms with Crippen LogP contribution in [0.1, 0.15) is 17.3 Å². The second kappa shape index (κ2) is 10.7. The van der Waals surface area contributed by atoms with Crippen molar-refractivity contribution in [2.75, 3.05) is 13.1 Å². The Hall–Kier alpha value is -1.97. The van der Waals surface area contributed by atoms with Gasteiger partial charge in [-0.25, -0.2) is 9.38 Å². The minimum absolute atomic E-state index is 0. The number of hydrogen-bond donors (Lipinski definition) is 2. The Morgan fingerprint density at radius 2 is 2.17 bits per heavy atom. The molecule has 130 valence electrons. The Bertz CT molecular complexity index is 674. The van der Waals surface area contributed by atoms with Gasteiger partial charge in [-0.1, -0.05) is 29.4 Å². The lowest BCUT2D eigenvalue weighted by Crippen LogP contribution is -2.38. The highest BCUT2D eigenvalue weighted by molar-refractivity contribution is 14.0. The SMILES string of the molecule is C=CCNC(=NCc1ccccc1F)NCCc1nc(C)no1.I. The van der Waals surface area contributed by atoms with Crippen LogP contribution in [0.15, 0.2) is 46.4 Å². The number of guanidine groups is 1. The summed E-state index contributed by atoms with van der Waals surface area (Å²) < 4.78 is 18.7. The number of nitrogens with zero attached hydrogens (tertiary/aromatic N) is 3. The minimum Gasteiger partial charge on any atom is -0.356 e. The fraction of sp³-hybridized carbons (Fsp3) is 0.312. The van der Waals surface area contributed by atoms with Crippen LogP contribution in [0.4, 0.5) is 4.39 Å². The van der Waals surface area contributed by atoms with Crippen LogP contribution in [0.2, 0.25) is 0 Å². The summed E-state index contributed by atoms with van der Waals surface area (Å²) in [6.45, 7) is 6.81. The predicted molar refractivity (Wildman–Crippen MR) is 102 cm³/mol. The normalized spacial score (nSPS) is 10.8. The number of nitrogens with one attached hydrogen (secondary N) is 2. The van der Waals surface area contributed by atoms with Crippen LogP contribution in [0.3, 0.4) is 0 Å². The highest BCUT2D eigenvalue weighted by Gasteiger charge is 2.04. The average Bonchev–Trinajstić information content (AvgIpc) is 2.96. The number of rotatable bonds is 7. The Kier molecular flexibility index (Phi) is 8.98. The molecule has 1 aromatic heterocycles. The van der Waals surface area contributed by atoms with Crippen LogP contribution >= 0.6 is 24.0 Å². The van der Waals surface area contributed by atoms with Crippen LogP contribution in [0, 0.1) is 12.7 Å². The van der Waals surface area contributed by atoms with E-state index in [9.17, 15) is 4.39 Å². The molecule has 0 saturated heterocycles. The molecule has 1 heterocycles. The Labute approximate surface area is 157 Å². The highest BCUT2D eigenvalue weighted by Crippen LogP contribution is 2.07. The van der Waals surface area contributed by atoms with Gasteiger partial charge < -0.3 is 15.2 Å². The average molecular weight is 445 g/mol. The summed E-state index contributed by atoms with van der Waals surface area (Å²) in [4.78, 5) is 8.50. The summed E-state index contributed by atoms with van der Waals surface area (Å²) in [5, 5.41) is 9.96. The molecule has 0 fully saturated rings. The fourth-order valence-corrected chi connectivity index (χ4v) is 1.86. The first-order valence-corrected chi connectivity index (χ1v) is 7.34. The summed E-state index contributed by atoms with van der Waals surface area (Å²) >= 11 is 0. The summed E-state index contributed by atoms with van der Waals surface area (Å²) in [6.07, 6.45) is 2.30. The maximum atomic E-state index is 13.6. The van der Waals surface area contributed by atoms with Crippen LogP contribution in [-0.2, 0) is 13.0 Å². The monoisotopic (exact) mass is 445 g/mol. The van der Waals surface area contributed by atoms with Gasteiger partial charge in [-0.15, -0.1) is 30.6 Å². The van der Waals surface area contributed by atoms with Gasteiger partial charge in [0.2, 0.25) is 5.89 Å². The van der Waals surface area contributed by atoms with Crippen LogP contribution < -0.4 is 10.6 Å². The van der Waals surface area contributed by atoms with Gasteiger partial charge in [-0.05, 0) is 13.0 Å². The molecular weight excluding hydrogens is 424 g/mol. The quantitative estimate of drug-likeness (QED) is 0.297. The highest BCUT2D eigenvalue weighted by atomic mass is 127. The molecule has 0 aliphatic heterocycles. The molecule has 0 saturated carbocycles. The summed E-state index contributed by atoms with van der Waals surface area (Å²) in [5.41, 5.74) is 0.541. The number of aryl methyl sites for hydroxylation is 1. The zero-order valence-corrected chi connectivity index (χ0v) is 15.8. The van der Waals surface area contributed by atoms with Gasteiger partial charge in [0.25, 0.3) is 0 Å². The van der Waals surface area contributed by atoms with Crippen molar-refractivity contribution >= 4 is 29.9 Å². The van der Waals surface area contributed by atoms with E-state index >= 15 is 0 Å². The third kappa shape index (κ3) is 6.65. The summed E-state index contributed by atoms with van der Waals surface area (Å²) in [7, 11) is 0. The topological polar surface area (TPSA) is 75.3 Å². The van der Waals surface area contributed by atoms with Crippen molar-refractivity contribution in [2.24, 2.45) is 4.99 Å². The van der Waals surface area contributed by atoms with Crippen molar-refractivity contribution in [3.63, 3.8) is 0 Å². The lowest BCUT2D eigenvalue weighted by Gasteiger charge is -2.10. The van der Waals surface area contributed by atoms with Crippen molar-refractivity contribution in [1.82, 2.24) is 20.8 Å². The van der Waals surface area contributed by atoms with Crippen molar-refractivity contribution in [3.8, 4) is 0 Å². The van der Waals surface area contributed by atoms with E-state index < -0.39 is 0 Å². The maximum Gasteiger partial charge on any atom is 0.228 e. The zero-order chi connectivity index (χ0) is 16.5. The predicted octanol–water partition coefficient (Wildman–Crippen LogP) is 2.60. The van der Waals surface area contributed by atoms with Crippen LogP contribution in [-0.4, -0.2) is 29.2 Å². The van der Waals surface area contributed by atoms with Gasteiger partial charge in [-0.3, -0.25) is 0 Å². The molecule has 0 atom stereocenters. The molecule has 1 aromatic carbocycles. The molecule has 0 amide bonds. The molecule has 0 radical (unpaired) electrons. The molecule has 0 spiro atoms. The number of aliphatic imine (C=N–C) groups is 1. The smallest absolute Gasteiger partial charge is 0.228 e. The first-order valence-electron chi connectivity index (χ1n) is 7.34. The van der Waals surface area contributed by atoms with E-state index in [1.807, 2.05) is 0 Å². The van der Waals surface area contributed by atoms with Crippen molar-refractivity contribution in [1.29, 1.82) is 0 Å². The van der Waals surface area contributed by atoms with E-state index in [0.717, 1.165) is 0 Å². The van der Waals surface area contributed by atoms with E-state index in [2.05, 4.69) is 32.3 Å². The molecule has 0 unspecified atom stereocenters. The van der Waals surface area contributed by atoms with E-state index in [4.69, 9.17) is 4.52 Å². The van der Waals surface area contributed by atoms with E-state index in [-0.39, 0.29) is 36.3 Å². The van der Waals surface area contributed by atoms with Crippen LogP contribution in [0.5, 0.6) is 0 Å². The lowest BCUT2D eigenvalue weighted by atomic mass is 10.2. The minimum atomic E-state index is -0.263. The van der Waals surface area contributed by atoms with E-state index in [0.29, 0.717) is 42.7 Å². The molecule has 0 aliphatic carbocycles. The maximum absolute atomic E-state index is 13.6. The Morgan fingerprint density at radius 3 is 2.83 bits per heavy atom. The Morgan fingerprint density at radius 1 is 1.38 bits per heavy atom. The van der Waals surface area contributed by atoms with E-state index in [1.165, 1.54) is 6.07 Å². The van der Waals surface area contributed by atoms with Gasteiger partial charge in [0, 0.05) is 25.1 Å². The fourth-order valence-electron chi connectivity index (χ4n) is 1.86. The number of benzene rings is 1. The Balaban J connectivity index is 0.00000288. The molecule has 8 heteroatoms. The third-order valence-electron chi connectivity index (χ3n) is 2.98. The van der Waals surface area contributed by atoms with Crippen molar-refractivity contribution < 1.29 is 8.91 Å². The number of halogens is 2. The van der Waals surface area contributed by atoms with E-state index in [1.54, 1.807) is 31.2 Å². The van der Waals surface area contributed by atoms with Crippen molar-refractivity contribution in [2.45, 2.75) is 19.9 Å². The molecule has 24 heavy (non-hydrogen) atoms. The number of aromatic nitrogens is 2. The first-order chi connectivity index (χ1) is 11.2. The largest absolute Gasteiger partial charge is 0.356 e. The van der Waals surface area contributed by atoms with Gasteiger partial charge in [-0.2, -0.15) is 4.98 Å². The molecule has 2 rings (SSSR count). The third-order valence-corrected chi connectivity index (χ3v) is 2.98. The van der Waals surface area contributed by atoms with Gasteiger partial charge in [0.05, 0.1) is 6.54 Å².